The zero-order valence-corrected chi connectivity index (χ0v) is 15.3. The lowest BCUT2D eigenvalue weighted by Crippen LogP contribution is -2.15. The van der Waals surface area contributed by atoms with E-state index in [1.165, 1.54) is 4.68 Å². The summed E-state index contributed by atoms with van der Waals surface area (Å²) in [6, 6.07) is 23.5. The first kappa shape index (κ1) is 17.6. The second-order valence-electron chi connectivity index (χ2n) is 6.29. The lowest BCUT2D eigenvalue weighted by atomic mass is 10.1. The van der Waals surface area contributed by atoms with Gasteiger partial charge in [-0.05, 0) is 45.3 Å². The number of ether oxygens (including phenoxy) is 1. The molecule has 0 amide bonds. The van der Waals surface area contributed by atoms with E-state index in [1.807, 2.05) is 72.8 Å². The van der Waals surface area contributed by atoms with Crippen molar-refractivity contribution >= 4 is 28.5 Å². The summed E-state index contributed by atoms with van der Waals surface area (Å²) in [5.41, 5.74) is 2.06. The summed E-state index contributed by atoms with van der Waals surface area (Å²) in [6.07, 6.45) is 1.72. The number of fused-ring (bicyclic) bond motifs is 1. The molecule has 0 radical (unpaired) electrons. The van der Waals surface area contributed by atoms with Crippen molar-refractivity contribution in [1.29, 1.82) is 0 Å². The summed E-state index contributed by atoms with van der Waals surface area (Å²) in [4.78, 5) is 12.9. The highest BCUT2D eigenvalue weighted by Crippen LogP contribution is 2.20. The van der Waals surface area contributed by atoms with Gasteiger partial charge in [-0.15, -0.1) is 5.10 Å². The molecule has 6 heteroatoms. The van der Waals surface area contributed by atoms with Crippen molar-refractivity contribution in [3.8, 4) is 0 Å². The molecule has 0 saturated carbocycles. The van der Waals surface area contributed by atoms with Crippen molar-refractivity contribution in [2.45, 2.75) is 13.5 Å². The molecule has 1 aromatic heterocycles. The minimum atomic E-state index is -0.493. The topological polar surface area (TPSA) is 69.9 Å². The molecule has 0 atom stereocenters. The van der Waals surface area contributed by atoms with E-state index in [-0.39, 0.29) is 12.3 Å². The van der Waals surface area contributed by atoms with Gasteiger partial charge >= 0.3 is 5.97 Å². The van der Waals surface area contributed by atoms with Crippen LogP contribution in [0, 0.1) is 6.92 Å². The minimum Gasteiger partial charge on any atom is -0.456 e. The van der Waals surface area contributed by atoms with Crippen LogP contribution in [0.5, 0.6) is 0 Å². The molecule has 0 aliphatic rings. The predicted octanol–water partition coefficient (Wildman–Crippen LogP) is 3.88. The molecule has 0 unspecified atom stereocenters. The number of nitrogens with zero attached hydrogens (tertiary/aromatic N) is 4. The first-order valence-electron chi connectivity index (χ1n) is 8.88. The van der Waals surface area contributed by atoms with Crippen LogP contribution in [0.25, 0.3) is 22.5 Å². The van der Waals surface area contributed by atoms with Gasteiger partial charge < -0.3 is 4.74 Å². The van der Waals surface area contributed by atoms with Gasteiger partial charge in [0.1, 0.15) is 6.61 Å². The third kappa shape index (κ3) is 3.66. The van der Waals surface area contributed by atoms with E-state index in [0.29, 0.717) is 5.82 Å². The number of benzene rings is 3. The highest BCUT2D eigenvalue weighted by Gasteiger charge is 2.18. The summed E-state index contributed by atoms with van der Waals surface area (Å²) in [7, 11) is 0. The standard InChI is InChI=1S/C22H18N4O2/c1-16-23-24-25-26(16)21(14-17-8-3-2-4-9-17)22(27)28-15-19-12-7-11-18-10-5-6-13-20(18)19/h2-14H,15H2,1H3/b21-14-. The Morgan fingerprint density at radius 1 is 1.00 bits per heavy atom. The van der Waals surface area contributed by atoms with Gasteiger partial charge in [0.15, 0.2) is 11.5 Å². The van der Waals surface area contributed by atoms with Crippen molar-refractivity contribution < 1.29 is 9.53 Å². The normalized spacial score (nSPS) is 11.5. The van der Waals surface area contributed by atoms with Crippen LogP contribution >= 0.6 is 0 Å². The molecule has 0 N–H and O–H groups in total. The lowest BCUT2D eigenvalue weighted by molar-refractivity contribution is -0.138. The van der Waals surface area contributed by atoms with E-state index in [0.717, 1.165) is 21.9 Å². The average molecular weight is 370 g/mol. The number of tetrazole rings is 1. The molecule has 1 heterocycles. The Balaban J connectivity index is 1.63. The van der Waals surface area contributed by atoms with Crippen LogP contribution < -0.4 is 0 Å². The number of esters is 1. The van der Waals surface area contributed by atoms with E-state index in [1.54, 1.807) is 13.0 Å². The molecule has 0 aliphatic carbocycles. The zero-order chi connectivity index (χ0) is 19.3. The maximum Gasteiger partial charge on any atom is 0.357 e. The van der Waals surface area contributed by atoms with Crippen LogP contribution in [0.3, 0.4) is 0 Å². The Morgan fingerprint density at radius 2 is 1.75 bits per heavy atom. The molecule has 0 saturated heterocycles. The number of aromatic nitrogens is 4. The van der Waals surface area contributed by atoms with Gasteiger partial charge in [-0.2, -0.15) is 4.68 Å². The maximum absolute atomic E-state index is 12.9. The molecule has 0 spiro atoms. The minimum absolute atomic E-state index is 0.160. The van der Waals surface area contributed by atoms with Gasteiger partial charge in [-0.3, -0.25) is 0 Å². The Morgan fingerprint density at radius 3 is 2.54 bits per heavy atom. The van der Waals surface area contributed by atoms with Crippen LogP contribution in [0.4, 0.5) is 0 Å². The summed E-state index contributed by atoms with van der Waals surface area (Å²) in [5, 5.41) is 13.6. The van der Waals surface area contributed by atoms with Gasteiger partial charge in [0.05, 0.1) is 0 Å². The quantitative estimate of drug-likeness (QED) is 0.394. The third-order valence-corrected chi connectivity index (χ3v) is 4.40. The van der Waals surface area contributed by atoms with Gasteiger partial charge in [-0.1, -0.05) is 72.8 Å². The van der Waals surface area contributed by atoms with Gasteiger partial charge in [0.2, 0.25) is 0 Å². The van der Waals surface area contributed by atoms with E-state index in [9.17, 15) is 4.79 Å². The SMILES string of the molecule is Cc1nnnn1/C(=C\c1ccccc1)C(=O)OCc1cccc2ccccc12. The predicted molar refractivity (Wildman–Crippen MR) is 107 cm³/mol. The maximum atomic E-state index is 12.9. The van der Waals surface area contributed by atoms with Crippen molar-refractivity contribution in [2.75, 3.05) is 0 Å². The molecule has 4 rings (SSSR count). The Kier molecular flexibility index (Phi) is 4.93. The summed E-state index contributed by atoms with van der Waals surface area (Å²) in [6.45, 7) is 1.89. The average Bonchev–Trinajstić information content (AvgIpc) is 3.16. The number of aryl methyl sites for hydroxylation is 1. The second kappa shape index (κ2) is 7.84. The zero-order valence-electron chi connectivity index (χ0n) is 15.3. The summed E-state index contributed by atoms with van der Waals surface area (Å²) < 4.78 is 7.01. The van der Waals surface area contributed by atoms with Crippen molar-refractivity contribution in [3.63, 3.8) is 0 Å². The fraction of sp³-hybridized carbons (Fsp3) is 0.0909. The van der Waals surface area contributed by atoms with Crippen molar-refractivity contribution in [1.82, 2.24) is 20.2 Å². The molecular weight excluding hydrogens is 352 g/mol. The molecule has 138 valence electrons. The Labute approximate surface area is 162 Å². The summed E-state index contributed by atoms with van der Waals surface area (Å²) >= 11 is 0. The second-order valence-corrected chi connectivity index (χ2v) is 6.29. The fourth-order valence-corrected chi connectivity index (χ4v) is 3.00. The van der Waals surface area contributed by atoms with E-state index in [2.05, 4.69) is 15.5 Å². The molecule has 0 bridgehead atoms. The van der Waals surface area contributed by atoms with Crippen molar-refractivity contribution in [2.24, 2.45) is 0 Å². The van der Waals surface area contributed by atoms with Crippen LogP contribution in [0.2, 0.25) is 0 Å². The Bertz CT molecular complexity index is 1140. The molecule has 28 heavy (non-hydrogen) atoms. The van der Waals surface area contributed by atoms with Gasteiger partial charge in [-0.25, -0.2) is 4.79 Å². The lowest BCUT2D eigenvalue weighted by Gasteiger charge is -2.11. The summed E-state index contributed by atoms with van der Waals surface area (Å²) in [5.74, 6) is 0.0106. The molecular formula is C22H18N4O2. The van der Waals surface area contributed by atoms with Gasteiger partial charge in [0, 0.05) is 0 Å². The number of rotatable bonds is 5. The van der Waals surface area contributed by atoms with Gasteiger partial charge in [0.25, 0.3) is 0 Å². The largest absolute Gasteiger partial charge is 0.456 e. The number of hydrogen-bond donors (Lipinski definition) is 0. The van der Waals surface area contributed by atoms with Crippen LogP contribution in [0.15, 0.2) is 72.8 Å². The van der Waals surface area contributed by atoms with Crippen LogP contribution in [0.1, 0.15) is 17.0 Å². The highest BCUT2D eigenvalue weighted by atomic mass is 16.5. The van der Waals surface area contributed by atoms with Crippen molar-refractivity contribution in [3.05, 3.63) is 89.7 Å². The number of carbonyl (C=O) groups excluding carboxylic acids is 1. The number of carbonyl (C=O) groups is 1. The molecule has 3 aromatic carbocycles. The smallest absolute Gasteiger partial charge is 0.357 e. The first-order valence-corrected chi connectivity index (χ1v) is 8.88. The van der Waals surface area contributed by atoms with E-state index < -0.39 is 5.97 Å². The molecule has 0 aliphatic heterocycles. The molecule has 4 aromatic rings. The first-order chi connectivity index (χ1) is 13.7. The van der Waals surface area contributed by atoms with Crippen LogP contribution in [-0.2, 0) is 16.1 Å². The Hall–Kier alpha value is -3.80. The monoisotopic (exact) mass is 370 g/mol. The molecule has 0 fully saturated rings. The van der Waals surface area contributed by atoms with E-state index in [4.69, 9.17) is 4.74 Å². The fourth-order valence-electron chi connectivity index (χ4n) is 3.00. The number of hydrogen-bond acceptors (Lipinski definition) is 5. The van der Waals surface area contributed by atoms with E-state index >= 15 is 0 Å². The highest BCUT2D eigenvalue weighted by molar-refractivity contribution is 6.15. The van der Waals surface area contributed by atoms with Crippen LogP contribution in [-0.4, -0.2) is 26.2 Å². The third-order valence-electron chi connectivity index (χ3n) is 4.40. The molecule has 6 nitrogen and oxygen atoms in total.